The number of nitrogens with zero attached hydrogens (tertiary/aromatic N) is 1. The first-order valence-electron chi connectivity index (χ1n) is 6.14. The zero-order chi connectivity index (χ0) is 13.2. The van der Waals surface area contributed by atoms with E-state index in [1.807, 2.05) is 6.08 Å². The van der Waals surface area contributed by atoms with Gasteiger partial charge in [0.2, 0.25) is 5.91 Å². The molecule has 98 valence electrons. The van der Waals surface area contributed by atoms with Gasteiger partial charge in [-0.25, -0.2) is 0 Å². The minimum absolute atomic E-state index is 0.0427. The molecule has 0 saturated carbocycles. The molecule has 1 aliphatic carbocycles. The van der Waals surface area contributed by atoms with Crippen LogP contribution < -0.4 is 11.1 Å². The molecule has 1 heterocycles. The Morgan fingerprint density at radius 1 is 1.67 bits per heavy atom. The van der Waals surface area contributed by atoms with Gasteiger partial charge in [0.25, 0.3) is 0 Å². The van der Waals surface area contributed by atoms with Crippen molar-refractivity contribution in [3.05, 3.63) is 23.9 Å². The number of carbonyl (C=O) groups is 1. The molecule has 0 radical (unpaired) electrons. The number of aliphatic imine (C=N–C) groups is 1. The highest BCUT2D eigenvalue weighted by Gasteiger charge is 2.35. The van der Waals surface area contributed by atoms with Crippen molar-refractivity contribution in [3.63, 3.8) is 0 Å². The fourth-order valence-electron chi connectivity index (χ4n) is 2.37. The lowest BCUT2D eigenvalue weighted by Gasteiger charge is -2.36. The van der Waals surface area contributed by atoms with Gasteiger partial charge in [0.05, 0.1) is 5.54 Å². The maximum absolute atomic E-state index is 11.1. The first-order valence-corrected chi connectivity index (χ1v) is 7.12. The second-order valence-electron chi connectivity index (χ2n) is 4.95. The summed E-state index contributed by atoms with van der Waals surface area (Å²) in [6, 6.07) is 0. The highest BCUT2D eigenvalue weighted by atomic mass is 32.2. The van der Waals surface area contributed by atoms with Crippen LogP contribution in [0.1, 0.15) is 26.7 Å². The Morgan fingerprint density at radius 3 is 3.11 bits per heavy atom. The molecule has 1 amide bonds. The van der Waals surface area contributed by atoms with E-state index >= 15 is 0 Å². The quantitative estimate of drug-likeness (QED) is 0.800. The van der Waals surface area contributed by atoms with Crippen LogP contribution in [0, 0.1) is 5.92 Å². The maximum atomic E-state index is 11.1. The summed E-state index contributed by atoms with van der Waals surface area (Å²) < 4.78 is 0. The molecule has 2 rings (SSSR count). The van der Waals surface area contributed by atoms with Crippen molar-refractivity contribution in [2.45, 2.75) is 32.2 Å². The van der Waals surface area contributed by atoms with Crippen molar-refractivity contribution in [2.75, 3.05) is 5.75 Å². The first kappa shape index (κ1) is 13.2. The number of amidine groups is 1. The molecule has 5 heteroatoms. The number of rotatable bonds is 2. The molecular weight excluding hydrogens is 246 g/mol. The second kappa shape index (κ2) is 5.18. The summed E-state index contributed by atoms with van der Waals surface area (Å²) >= 11 is 1.62. The van der Waals surface area contributed by atoms with E-state index in [1.165, 1.54) is 6.92 Å². The Bertz CT molecular complexity index is 442. The molecule has 3 N–H and O–H groups in total. The summed E-state index contributed by atoms with van der Waals surface area (Å²) in [5, 5.41) is 3.50. The fraction of sp³-hybridized carbons (Fsp3) is 0.538. The third kappa shape index (κ3) is 2.96. The average Bonchev–Trinajstić information content (AvgIpc) is 2.28. The van der Waals surface area contributed by atoms with Gasteiger partial charge in [0.15, 0.2) is 5.17 Å². The van der Waals surface area contributed by atoms with E-state index in [-0.39, 0.29) is 11.4 Å². The fourth-order valence-corrected chi connectivity index (χ4v) is 3.37. The van der Waals surface area contributed by atoms with Gasteiger partial charge in [-0.05, 0) is 25.8 Å². The van der Waals surface area contributed by atoms with E-state index in [2.05, 4.69) is 29.4 Å². The van der Waals surface area contributed by atoms with Gasteiger partial charge in [-0.1, -0.05) is 23.9 Å². The van der Waals surface area contributed by atoms with Crippen LogP contribution in [0.15, 0.2) is 28.9 Å². The molecule has 1 aliphatic heterocycles. The number of thioether (sulfide) groups is 1. The lowest BCUT2D eigenvalue weighted by atomic mass is 9.79. The van der Waals surface area contributed by atoms with Crippen molar-refractivity contribution in [1.82, 2.24) is 5.32 Å². The van der Waals surface area contributed by atoms with Crippen LogP contribution >= 0.6 is 11.8 Å². The number of allylic oxidation sites excluding steroid dienone is 2. The van der Waals surface area contributed by atoms with E-state index in [0.29, 0.717) is 11.1 Å². The smallest absolute Gasteiger partial charge is 0.221 e. The monoisotopic (exact) mass is 265 g/mol. The molecule has 0 spiro atoms. The Balaban J connectivity index is 2.18. The van der Waals surface area contributed by atoms with Gasteiger partial charge in [-0.15, -0.1) is 0 Å². The number of nitrogens with two attached hydrogens (primary N) is 1. The Morgan fingerprint density at radius 2 is 2.44 bits per heavy atom. The molecule has 0 saturated heterocycles. The zero-order valence-corrected chi connectivity index (χ0v) is 11.6. The average molecular weight is 265 g/mol. The summed E-state index contributed by atoms with van der Waals surface area (Å²) in [5.41, 5.74) is 6.56. The second-order valence-corrected chi connectivity index (χ2v) is 6.07. The normalized spacial score (nSPS) is 31.6. The van der Waals surface area contributed by atoms with Crippen molar-refractivity contribution < 1.29 is 4.79 Å². The molecule has 0 fully saturated rings. The van der Waals surface area contributed by atoms with Gasteiger partial charge >= 0.3 is 0 Å². The van der Waals surface area contributed by atoms with Gasteiger partial charge in [0.1, 0.15) is 0 Å². The molecule has 4 nitrogen and oxygen atoms in total. The lowest BCUT2D eigenvalue weighted by Crippen LogP contribution is -2.38. The summed E-state index contributed by atoms with van der Waals surface area (Å²) in [6.07, 6.45) is 8.11. The Hall–Kier alpha value is -1.23. The van der Waals surface area contributed by atoms with Crippen LogP contribution in [-0.2, 0) is 4.79 Å². The Kier molecular flexibility index (Phi) is 3.80. The van der Waals surface area contributed by atoms with E-state index in [9.17, 15) is 4.79 Å². The minimum Gasteiger partial charge on any atom is -0.379 e. The number of amides is 1. The highest BCUT2D eigenvalue weighted by molar-refractivity contribution is 8.13. The topological polar surface area (TPSA) is 67.5 Å². The number of hydrogen-bond donors (Lipinski definition) is 2. The summed E-state index contributed by atoms with van der Waals surface area (Å²) in [4.78, 5) is 15.7. The summed E-state index contributed by atoms with van der Waals surface area (Å²) in [6.45, 7) is 3.67. The molecule has 0 aromatic carbocycles. The van der Waals surface area contributed by atoms with Crippen LogP contribution in [0.2, 0.25) is 0 Å². The Labute approximate surface area is 112 Å². The van der Waals surface area contributed by atoms with Crippen LogP contribution in [0.3, 0.4) is 0 Å². The lowest BCUT2D eigenvalue weighted by molar-refractivity contribution is -0.118. The maximum Gasteiger partial charge on any atom is 0.221 e. The predicted molar refractivity (Wildman–Crippen MR) is 76.2 cm³/mol. The molecular formula is C13H19N3OS. The molecule has 2 aliphatic rings. The molecule has 0 bridgehead atoms. The predicted octanol–water partition coefficient (Wildman–Crippen LogP) is 1.79. The van der Waals surface area contributed by atoms with Crippen LogP contribution in [-0.4, -0.2) is 22.4 Å². The van der Waals surface area contributed by atoms with Gasteiger partial charge in [-0.2, -0.15) is 0 Å². The third-order valence-corrected chi connectivity index (χ3v) is 4.21. The van der Waals surface area contributed by atoms with Gasteiger partial charge < -0.3 is 11.1 Å². The van der Waals surface area contributed by atoms with Crippen molar-refractivity contribution in [1.29, 1.82) is 0 Å². The number of carbonyl (C=O) groups excluding carboxylic acids is 1. The van der Waals surface area contributed by atoms with Gasteiger partial charge in [-0.3, -0.25) is 9.79 Å². The molecule has 2 atom stereocenters. The van der Waals surface area contributed by atoms with Crippen molar-refractivity contribution in [2.24, 2.45) is 16.6 Å². The molecule has 1 unspecified atom stereocenters. The first-order chi connectivity index (χ1) is 8.49. The van der Waals surface area contributed by atoms with Crippen LogP contribution in [0.4, 0.5) is 0 Å². The van der Waals surface area contributed by atoms with E-state index < -0.39 is 0 Å². The highest BCUT2D eigenvalue weighted by Crippen LogP contribution is 2.36. The van der Waals surface area contributed by atoms with E-state index in [0.717, 1.165) is 24.3 Å². The summed E-state index contributed by atoms with van der Waals surface area (Å²) in [5.74, 6) is 1.26. The molecule has 18 heavy (non-hydrogen) atoms. The van der Waals surface area contributed by atoms with E-state index in [1.54, 1.807) is 11.8 Å². The van der Waals surface area contributed by atoms with Crippen molar-refractivity contribution >= 4 is 22.8 Å². The molecule has 0 aromatic rings. The third-order valence-electron chi connectivity index (χ3n) is 3.41. The summed E-state index contributed by atoms with van der Waals surface area (Å²) in [7, 11) is 0. The van der Waals surface area contributed by atoms with Crippen LogP contribution in [0.5, 0.6) is 0 Å². The number of hydrogen-bond acceptors (Lipinski definition) is 4. The zero-order valence-electron chi connectivity index (χ0n) is 10.8. The number of nitrogens with one attached hydrogen (secondary N) is 1. The minimum atomic E-state index is -0.149. The standard InChI is InChI=1S/C13H19N3OS/c1-9(17)15-11-5-3-4-10(8-11)13(2)6-7-18-12(14)16-13/h3,5,8,10H,4,6-7H2,1-2H3,(H2,14,16)(H,15,17)/t10?,13-/m0/s1. The van der Waals surface area contributed by atoms with Crippen molar-refractivity contribution in [3.8, 4) is 0 Å². The SMILES string of the molecule is CC(=O)NC1=CC([C@]2(C)CCSC(N)=N2)CC=C1. The molecule has 0 aromatic heterocycles. The largest absolute Gasteiger partial charge is 0.379 e. The van der Waals surface area contributed by atoms with Crippen LogP contribution in [0.25, 0.3) is 0 Å². The van der Waals surface area contributed by atoms with Gasteiger partial charge in [0, 0.05) is 24.3 Å². The van der Waals surface area contributed by atoms with E-state index in [4.69, 9.17) is 5.73 Å².